The molecule has 0 radical (unpaired) electrons. The number of alkyl halides is 2. The van der Waals surface area contributed by atoms with Crippen LogP contribution >= 0.6 is 22.9 Å². The minimum Gasteiger partial charge on any atom is -0.477 e. The van der Waals surface area contributed by atoms with E-state index in [0.717, 1.165) is 32.3 Å². The Morgan fingerprint density at radius 2 is 2.05 bits per heavy atom. The Kier molecular flexibility index (Phi) is 11.2. The predicted molar refractivity (Wildman–Crippen MR) is 138 cm³/mol. The van der Waals surface area contributed by atoms with Gasteiger partial charge < -0.3 is 10.5 Å². The molecular weight excluding hydrogens is 543 g/mol. The van der Waals surface area contributed by atoms with Crippen molar-refractivity contribution >= 4 is 35.6 Å². The summed E-state index contributed by atoms with van der Waals surface area (Å²) in [5.41, 5.74) is 7.27. The molecule has 1 fully saturated rings. The molecule has 0 saturated carbocycles. The molecule has 1 aliphatic heterocycles. The predicted octanol–water partition coefficient (Wildman–Crippen LogP) is 4.33. The number of carbonyl (C=O) groups is 1. The molecule has 0 aromatic carbocycles. The molecule has 1 saturated heterocycles. The van der Waals surface area contributed by atoms with Gasteiger partial charge in [0.2, 0.25) is 5.88 Å². The van der Waals surface area contributed by atoms with Crippen LogP contribution in [0.4, 0.5) is 13.2 Å². The zero-order chi connectivity index (χ0) is 27.7. The highest BCUT2D eigenvalue weighted by molar-refractivity contribution is 7.09. The minimum absolute atomic E-state index is 0.00733. The Morgan fingerprint density at radius 1 is 1.32 bits per heavy atom. The summed E-state index contributed by atoms with van der Waals surface area (Å²) >= 11 is 6.78. The molecular formula is C24H29ClF3N7O2S. The van der Waals surface area contributed by atoms with Gasteiger partial charge in [-0.1, -0.05) is 11.6 Å². The van der Waals surface area contributed by atoms with Crippen LogP contribution in [0.15, 0.2) is 40.4 Å². The molecule has 206 valence electrons. The lowest BCUT2D eigenvalue weighted by molar-refractivity contribution is -0.104. The first-order valence-corrected chi connectivity index (χ1v) is 13.2. The molecule has 0 amide bonds. The Balaban J connectivity index is 0.000000336. The van der Waals surface area contributed by atoms with Crippen LogP contribution in [-0.2, 0) is 4.79 Å². The highest BCUT2D eigenvalue weighted by atomic mass is 35.5. The van der Waals surface area contributed by atoms with Gasteiger partial charge >= 0.3 is 0 Å². The summed E-state index contributed by atoms with van der Waals surface area (Å²) in [6.07, 6.45) is 5.92. The number of nitrogens with one attached hydrogen (secondary N) is 2. The zero-order valence-electron chi connectivity index (χ0n) is 20.5. The first-order valence-electron chi connectivity index (χ1n) is 11.9. The van der Waals surface area contributed by atoms with Gasteiger partial charge in [-0.3, -0.25) is 30.1 Å². The number of allylic oxidation sites excluding steroid dienone is 4. The topological polar surface area (TPSA) is 134 Å². The van der Waals surface area contributed by atoms with E-state index < -0.39 is 12.3 Å². The lowest BCUT2D eigenvalue weighted by Gasteiger charge is -2.36. The van der Waals surface area contributed by atoms with Gasteiger partial charge in [0.15, 0.2) is 11.8 Å². The first-order chi connectivity index (χ1) is 18.3. The Bertz CT molecular complexity index is 1230. The van der Waals surface area contributed by atoms with Crippen LogP contribution in [-0.4, -0.2) is 58.3 Å². The smallest absolute Gasteiger partial charge is 0.281 e. The lowest BCUT2D eigenvalue weighted by atomic mass is 9.96. The number of ether oxygens (including phenoxy) is 1. The number of thiazole rings is 1. The number of hydrogen-bond acceptors (Lipinski definition) is 9. The van der Waals surface area contributed by atoms with E-state index in [4.69, 9.17) is 32.9 Å². The molecule has 1 unspecified atom stereocenters. The van der Waals surface area contributed by atoms with Crippen LogP contribution in [0.1, 0.15) is 48.7 Å². The number of nitrogens with two attached hydrogens (primary N) is 1. The van der Waals surface area contributed by atoms with Crippen molar-refractivity contribution in [1.82, 2.24) is 19.4 Å². The van der Waals surface area contributed by atoms with Crippen molar-refractivity contribution in [2.45, 2.75) is 38.2 Å². The maximum atomic E-state index is 13.2. The van der Waals surface area contributed by atoms with E-state index in [1.165, 1.54) is 39.9 Å². The van der Waals surface area contributed by atoms with Crippen molar-refractivity contribution in [1.29, 1.82) is 10.8 Å². The molecule has 1 atom stereocenters. The standard InChI is InChI=1S/C17H23F2N7OS.C7H6ClFO/c18-17(19)15-16(28-10-24-15)12(5-20)25-3-1-11(2-4-25)8-27-14-7-23-6-13(22)26(14)9-21;8-6-2-1-3-7(9)5(6)4-10/h6-7,9-12,17,21-22H,1-5,8,20H2;3-4H,1-2H2. The molecule has 2 aromatic rings. The third-order valence-electron chi connectivity index (χ3n) is 6.28. The number of piperidine rings is 1. The molecule has 9 nitrogen and oxygen atoms in total. The SMILES string of the molecule is N=Cn1c(OCC2CCN(C(CN)c3scnc3C(F)F)CC2)cncc1=N.O=CC1=C(Cl)CCC=C1F. The molecule has 2 aromatic heterocycles. The number of halogens is 4. The van der Waals surface area contributed by atoms with Crippen molar-refractivity contribution in [3.05, 3.63) is 56.5 Å². The normalized spacial score (nSPS) is 17.5. The van der Waals surface area contributed by atoms with Crippen LogP contribution in [0.3, 0.4) is 0 Å². The summed E-state index contributed by atoms with van der Waals surface area (Å²) in [7, 11) is 0. The van der Waals surface area contributed by atoms with Gasteiger partial charge in [0.1, 0.15) is 11.5 Å². The highest BCUT2D eigenvalue weighted by Gasteiger charge is 2.30. The van der Waals surface area contributed by atoms with E-state index in [0.29, 0.717) is 47.4 Å². The fourth-order valence-corrected chi connectivity index (χ4v) is 5.40. The number of likely N-dealkylation sites (tertiary alicyclic amines) is 1. The van der Waals surface area contributed by atoms with Crippen molar-refractivity contribution in [3.63, 3.8) is 0 Å². The monoisotopic (exact) mass is 571 g/mol. The van der Waals surface area contributed by atoms with Crippen LogP contribution in [0.5, 0.6) is 5.88 Å². The third-order valence-corrected chi connectivity index (χ3v) is 7.61. The number of aldehydes is 1. The summed E-state index contributed by atoms with van der Waals surface area (Å²) in [6.45, 7) is 2.18. The van der Waals surface area contributed by atoms with Gasteiger partial charge in [-0.15, -0.1) is 11.3 Å². The van der Waals surface area contributed by atoms with Gasteiger partial charge in [-0.25, -0.2) is 18.2 Å². The quantitative estimate of drug-likeness (QED) is 0.233. The molecule has 4 N–H and O–H groups in total. The molecule has 0 spiro atoms. The maximum absolute atomic E-state index is 13.2. The van der Waals surface area contributed by atoms with Crippen LogP contribution in [0, 0.1) is 16.7 Å². The molecule has 2 aliphatic rings. The molecule has 1 aliphatic carbocycles. The molecule has 3 heterocycles. The highest BCUT2D eigenvalue weighted by Crippen LogP contribution is 2.34. The van der Waals surface area contributed by atoms with Crippen LogP contribution < -0.4 is 16.0 Å². The van der Waals surface area contributed by atoms with Gasteiger partial charge in [0.25, 0.3) is 6.43 Å². The van der Waals surface area contributed by atoms with Crippen molar-refractivity contribution in [3.8, 4) is 5.88 Å². The summed E-state index contributed by atoms with van der Waals surface area (Å²) in [5.74, 6) is 0.154. The Hall–Kier alpha value is -2.87. The number of nitrogens with zero attached hydrogens (tertiary/aromatic N) is 4. The number of carbonyl (C=O) groups excluding carboxylic acids is 1. The van der Waals surface area contributed by atoms with E-state index in [1.54, 1.807) is 0 Å². The van der Waals surface area contributed by atoms with Crippen molar-refractivity contribution in [2.24, 2.45) is 11.7 Å². The van der Waals surface area contributed by atoms with Crippen LogP contribution in [0.2, 0.25) is 0 Å². The number of aromatic nitrogens is 3. The van der Waals surface area contributed by atoms with Gasteiger partial charge in [0, 0.05) is 11.6 Å². The summed E-state index contributed by atoms with van der Waals surface area (Å²) in [6, 6.07) is -0.248. The van der Waals surface area contributed by atoms with Gasteiger partial charge in [-0.2, -0.15) is 0 Å². The second kappa shape index (κ2) is 14.3. The van der Waals surface area contributed by atoms with Crippen LogP contribution in [0.25, 0.3) is 0 Å². The summed E-state index contributed by atoms with van der Waals surface area (Å²) in [4.78, 5) is 20.6. The van der Waals surface area contributed by atoms with Gasteiger partial charge in [0.05, 0.1) is 47.3 Å². The third kappa shape index (κ3) is 7.37. The largest absolute Gasteiger partial charge is 0.477 e. The fourth-order valence-electron chi connectivity index (χ4n) is 4.21. The molecule has 38 heavy (non-hydrogen) atoms. The van der Waals surface area contributed by atoms with Gasteiger partial charge in [-0.05, 0) is 50.8 Å². The van der Waals surface area contributed by atoms with Crippen molar-refractivity contribution < 1.29 is 22.7 Å². The Morgan fingerprint density at radius 3 is 2.63 bits per heavy atom. The van der Waals surface area contributed by atoms with E-state index >= 15 is 0 Å². The van der Waals surface area contributed by atoms with E-state index in [1.807, 2.05) is 0 Å². The van der Waals surface area contributed by atoms with E-state index in [-0.39, 0.29) is 29.3 Å². The molecule has 0 bridgehead atoms. The number of rotatable bonds is 9. The van der Waals surface area contributed by atoms with E-state index in [2.05, 4.69) is 14.9 Å². The Labute approximate surface area is 226 Å². The first kappa shape index (κ1) is 29.7. The second-order valence-electron chi connectivity index (χ2n) is 8.60. The molecule has 4 rings (SSSR count). The summed E-state index contributed by atoms with van der Waals surface area (Å²) in [5, 5.41) is 15.5. The summed E-state index contributed by atoms with van der Waals surface area (Å²) < 4.78 is 46.0. The fraction of sp³-hybridized carbons (Fsp3) is 0.458. The second-order valence-corrected chi connectivity index (χ2v) is 9.94. The maximum Gasteiger partial charge on any atom is 0.281 e. The van der Waals surface area contributed by atoms with E-state index in [9.17, 15) is 18.0 Å². The van der Waals surface area contributed by atoms with Crippen molar-refractivity contribution in [2.75, 3.05) is 26.2 Å². The number of hydrogen-bond donors (Lipinski definition) is 3. The molecule has 14 heteroatoms. The lowest BCUT2D eigenvalue weighted by Crippen LogP contribution is -2.41. The average molecular weight is 572 g/mol. The average Bonchev–Trinajstić information content (AvgIpc) is 3.39. The zero-order valence-corrected chi connectivity index (χ0v) is 22.0. The minimum atomic E-state index is -2.59.